The van der Waals surface area contributed by atoms with Crippen molar-refractivity contribution in [2.75, 3.05) is 13.1 Å². The van der Waals surface area contributed by atoms with Crippen LogP contribution in [0.2, 0.25) is 0 Å². The fourth-order valence-electron chi connectivity index (χ4n) is 3.12. The summed E-state index contributed by atoms with van der Waals surface area (Å²) in [5, 5.41) is 9.15. The van der Waals surface area contributed by atoms with Gasteiger partial charge in [-0.25, -0.2) is 0 Å². The number of benzene rings is 1. The van der Waals surface area contributed by atoms with Crippen molar-refractivity contribution in [3.8, 4) is 0 Å². The lowest BCUT2D eigenvalue weighted by Crippen LogP contribution is -2.40. The van der Waals surface area contributed by atoms with Crippen LogP contribution in [0.25, 0.3) is 0 Å². The molecule has 7 nitrogen and oxygen atoms in total. The van der Waals surface area contributed by atoms with Crippen molar-refractivity contribution < 1.29 is 23.9 Å². The Labute approximate surface area is 150 Å². The predicted octanol–water partition coefficient (Wildman–Crippen LogP) is 1.74. The summed E-state index contributed by atoms with van der Waals surface area (Å²) in [7, 11) is 0. The summed E-state index contributed by atoms with van der Waals surface area (Å²) in [5.74, 6) is -1.41. The number of carboxylic acids is 1. The Kier molecular flexibility index (Phi) is 5.36. The molecule has 1 atom stereocenters. The fraction of sp³-hybridized carbons (Fsp3) is 0.316. The minimum atomic E-state index is -1.08. The minimum absolute atomic E-state index is 0.0877. The normalized spacial score (nSPS) is 16.7. The summed E-state index contributed by atoms with van der Waals surface area (Å²) in [5.41, 5.74) is 0.846. The SMILES string of the molecule is O=C(O)CN(Cc1ccccc1)C(=O)C1CC(=O)N(Cc2ccco2)C1. The highest BCUT2D eigenvalue weighted by molar-refractivity contribution is 5.90. The number of likely N-dealkylation sites (tertiary alicyclic amines) is 1. The smallest absolute Gasteiger partial charge is 0.323 e. The van der Waals surface area contributed by atoms with Gasteiger partial charge >= 0.3 is 5.97 Å². The number of carbonyl (C=O) groups excluding carboxylic acids is 2. The molecule has 136 valence electrons. The molecule has 0 saturated carbocycles. The molecule has 26 heavy (non-hydrogen) atoms. The molecule has 0 spiro atoms. The van der Waals surface area contributed by atoms with E-state index in [1.165, 1.54) is 11.2 Å². The van der Waals surface area contributed by atoms with Crippen molar-refractivity contribution in [2.45, 2.75) is 19.5 Å². The van der Waals surface area contributed by atoms with Gasteiger partial charge in [-0.2, -0.15) is 0 Å². The van der Waals surface area contributed by atoms with Crippen molar-refractivity contribution >= 4 is 17.8 Å². The molecule has 1 aromatic heterocycles. The zero-order chi connectivity index (χ0) is 18.5. The highest BCUT2D eigenvalue weighted by Crippen LogP contribution is 2.23. The first-order valence-electron chi connectivity index (χ1n) is 8.37. The quantitative estimate of drug-likeness (QED) is 0.816. The third kappa shape index (κ3) is 4.30. The Bertz CT molecular complexity index is 772. The van der Waals surface area contributed by atoms with Crippen LogP contribution in [0.4, 0.5) is 0 Å². The van der Waals surface area contributed by atoms with Crippen molar-refractivity contribution in [1.29, 1.82) is 0 Å². The molecule has 0 aliphatic carbocycles. The van der Waals surface area contributed by atoms with Gasteiger partial charge in [-0.15, -0.1) is 0 Å². The van der Waals surface area contributed by atoms with Crippen molar-refractivity contribution in [1.82, 2.24) is 9.80 Å². The maximum Gasteiger partial charge on any atom is 0.323 e. The number of furan rings is 1. The molecule has 1 aliphatic rings. The molecule has 1 unspecified atom stereocenters. The fourth-order valence-corrected chi connectivity index (χ4v) is 3.12. The maximum absolute atomic E-state index is 12.8. The Balaban J connectivity index is 1.68. The summed E-state index contributed by atoms with van der Waals surface area (Å²) in [6.45, 7) is 0.391. The van der Waals surface area contributed by atoms with Crippen LogP contribution >= 0.6 is 0 Å². The van der Waals surface area contributed by atoms with Crippen LogP contribution in [0, 0.1) is 5.92 Å². The lowest BCUT2D eigenvalue weighted by Gasteiger charge is -2.24. The Morgan fingerprint density at radius 1 is 1.19 bits per heavy atom. The number of nitrogens with zero attached hydrogens (tertiary/aromatic N) is 2. The third-order valence-electron chi connectivity index (χ3n) is 4.34. The number of hydrogen-bond donors (Lipinski definition) is 1. The van der Waals surface area contributed by atoms with E-state index in [9.17, 15) is 14.4 Å². The van der Waals surface area contributed by atoms with Crippen molar-refractivity contribution in [3.63, 3.8) is 0 Å². The third-order valence-corrected chi connectivity index (χ3v) is 4.34. The van der Waals surface area contributed by atoms with Gasteiger partial charge < -0.3 is 19.3 Å². The number of carbonyl (C=O) groups is 3. The second-order valence-electron chi connectivity index (χ2n) is 6.33. The first-order chi connectivity index (χ1) is 12.5. The monoisotopic (exact) mass is 356 g/mol. The molecule has 1 N–H and O–H groups in total. The molecule has 1 saturated heterocycles. The Morgan fingerprint density at radius 2 is 1.96 bits per heavy atom. The van der Waals surface area contributed by atoms with Crippen molar-refractivity contribution in [2.24, 2.45) is 5.92 Å². The van der Waals surface area contributed by atoms with E-state index in [0.717, 1.165) is 5.56 Å². The number of rotatable bonds is 7. The molecule has 1 aliphatic heterocycles. The summed E-state index contributed by atoms with van der Waals surface area (Å²) in [6.07, 6.45) is 1.62. The Morgan fingerprint density at radius 3 is 2.62 bits per heavy atom. The summed E-state index contributed by atoms with van der Waals surface area (Å²) < 4.78 is 5.25. The number of hydrogen-bond acceptors (Lipinski definition) is 4. The first kappa shape index (κ1) is 17.7. The van der Waals surface area contributed by atoms with Gasteiger partial charge in [0.05, 0.1) is 18.7 Å². The molecule has 0 radical (unpaired) electrons. The van der Waals surface area contributed by atoms with E-state index in [0.29, 0.717) is 12.3 Å². The topological polar surface area (TPSA) is 91.1 Å². The van der Waals surface area contributed by atoms with E-state index >= 15 is 0 Å². The lowest BCUT2D eigenvalue weighted by molar-refractivity contribution is -0.146. The molecule has 3 rings (SSSR count). The highest BCUT2D eigenvalue weighted by Gasteiger charge is 2.37. The average Bonchev–Trinajstić information content (AvgIpc) is 3.25. The van der Waals surface area contributed by atoms with Crippen LogP contribution in [0.15, 0.2) is 53.1 Å². The minimum Gasteiger partial charge on any atom is -0.480 e. The molecule has 1 aromatic carbocycles. The van der Waals surface area contributed by atoms with Gasteiger partial charge in [-0.1, -0.05) is 30.3 Å². The molecule has 2 aromatic rings. The van der Waals surface area contributed by atoms with Gasteiger partial charge in [0.15, 0.2) is 0 Å². The van der Waals surface area contributed by atoms with Crippen LogP contribution in [-0.2, 0) is 27.5 Å². The second-order valence-corrected chi connectivity index (χ2v) is 6.33. The maximum atomic E-state index is 12.8. The van der Waals surface area contributed by atoms with Gasteiger partial charge in [-0.3, -0.25) is 14.4 Å². The largest absolute Gasteiger partial charge is 0.480 e. The van der Waals surface area contributed by atoms with Gasteiger partial charge in [0.25, 0.3) is 0 Å². The van der Waals surface area contributed by atoms with E-state index in [1.807, 2.05) is 30.3 Å². The molecular weight excluding hydrogens is 336 g/mol. The van der Waals surface area contributed by atoms with E-state index in [1.54, 1.807) is 17.0 Å². The lowest BCUT2D eigenvalue weighted by atomic mass is 10.1. The molecule has 7 heteroatoms. The molecule has 1 fully saturated rings. The van der Waals surface area contributed by atoms with E-state index < -0.39 is 18.4 Å². The average molecular weight is 356 g/mol. The number of amides is 2. The zero-order valence-corrected chi connectivity index (χ0v) is 14.2. The van der Waals surface area contributed by atoms with Gasteiger partial charge in [-0.05, 0) is 17.7 Å². The molecule has 0 bridgehead atoms. The molecular formula is C19H20N2O5. The predicted molar refractivity (Wildman–Crippen MR) is 91.7 cm³/mol. The summed E-state index contributed by atoms with van der Waals surface area (Å²) in [6, 6.07) is 12.7. The summed E-state index contributed by atoms with van der Waals surface area (Å²) >= 11 is 0. The standard InChI is InChI=1S/C19H20N2O5/c22-17-9-15(11-20(17)12-16-7-4-8-26-16)19(25)21(13-18(23)24)10-14-5-2-1-3-6-14/h1-8,15H,9-13H2,(H,23,24). The van der Waals surface area contributed by atoms with Crippen LogP contribution in [0.5, 0.6) is 0 Å². The molecule has 2 heterocycles. The highest BCUT2D eigenvalue weighted by atomic mass is 16.4. The van der Waals surface area contributed by atoms with Crippen LogP contribution in [0.3, 0.4) is 0 Å². The van der Waals surface area contributed by atoms with E-state index in [4.69, 9.17) is 9.52 Å². The van der Waals surface area contributed by atoms with Gasteiger partial charge in [0, 0.05) is 19.5 Å². The Hall–Kier alpha value is -3.09. The van der Waals surface area contributed by atoms with Crippen molar-refractivity contribution in [3.05, 3.63) is 60.1 Å². The second kappa shape index (κ2) is 7.86. The van der Waals surface area contributed by atoms with Gasteiger partial charge in [0.1, 0.15) is 12.3 Å². The summed E-state index contributed by atoms with van der Waals surface area (Å²) in [4.78, 5) is 39.1. The van der Waals surface area contributed by atoms with Crippen LogP contribution < -0.4 is 0 Å². The van der Waals surface area contributed by atoms with Crippen LogP contribution in [0.1, 0.15) is 17.7 Å². The van der Waals surface area contributed by atoms with E-state index in [2.05, 4.69) is 0 Å². The van der Waals surface area contributed by atoms with Gasteiger partial charge in [0.2, 0.25) is 11.8 Å². The van der Waals surface area contributed by atoms with E-state index in [-0.39, 0.29) is 31.3 Å². The van der Waals surface area contributed by atoms with Crippen LogP contribution in [-0.4, -0.2) is 45.8 Å². The molecule has 2 amide bonds. The number of carboxylic acid groups (broad SMARTS) is 1. The number of aliphatic carboxylic acids is 1. The first-order valence-corrected chi connectivity index (χ1v) is 8.37. The zero-order valence-electron chi connectivity index (χ0n) is 14.2.